The van der Waals surface area contributed by atoms with Crippen molar-refractivity contribution in [2.45, 2.75) is 24.6 Å². The number of amides is 1. The number of amidine groups is 1. The number of halogens is 2. The van der Waals surface area contributed by atoms with Gasteiger partial charge in [0.25, 0.3) is 5.91 Å². The van der Waals surface area contributed by atoms with Crippen molar-refractivity contribution in [2.24, 2.45) is 4.99 Å². The monoisotopic (exact) mass is 468 g/mol. The summed E-state index contributed by atoms with van der Waals surface area (Å²) in [5.74, 6) is -0.210. The van der Waals surface area contributed by atoms with Crippen LogP contribution in [0.3, 0.4) is 0 Å². The summed E-state index contributed by atoms with van der Waals surface area (Å²) >= 11 is 13.7. The minimum atomic E-state index is -3.13. The molecule has 0 saturated carbocycles. The standard InChI is InChI=1S/C20H18Cl2N2O3S2/c1-12-6-7-14(21)9-16(12)24-17-10-29(26,27)11-18(17)28-20(24)23-19(25)8-13-4-2-3-5-15(13)22/h2-7,9,17-18H,8,10-11H2,1H3/t17-,18-/m0/s1. The molecule has 2 aromatic carbocycles. The molecule has 0 spiro atoms. The number of aliphatic imine (C=N–C) groups is 1. The largest absolute Gasteiger partial charge is 0.315 e. The van der Waals surface area contributed by atoms with Gasteiger partial charge in [-0.15, -0.1) is 0 Å². The quantitative estimate of drug-likeness (QED) is 0.676. The number of hydrogen-bond donors (Lipinski definition) is 0. The predicted octanol–water partition coefficient (Wildman–Crippen LogP) is 4.15. The maximum atomic E-state index is 12.7. The second-order valence-corrected chi connectivity index (χ2v) is 11.4. The summed E-state index contributed by atoms with van der Waals surface area (Å²) in [4.78, 5) is 18.9. The lowest BCUT2D eigenvalue weighted by molar-refractivity contribution is -0.117. The van der Waals surface area contributed by atoms with Crippen molar-refractivity contribution < 1.29 is 13.2 Å². The van der Waals surface area contributed by atoms with Gasteiger partial charge >= 0.3 is 0 Å². The highest BCUT2D eigenvalue weighted by molar-refractivity contribution is 8.16. The minimum absolute atomic E-state index is 0.0361. The molecule has 1 amide bonds. The normalized spacial score (nSPS) is 24.1. The molecule has 0 aromatic heterocycles. The molecule has 2 fully saturated rings. The first kappa shape index (κ1) is 20.7. The SMILES string of the molecule is Cc1ccc(Cl)cc1N1C(=NC(=O)Cc2ccccc2Cl)S[C@H]2CS(=O)(=O)C[C@@H]21. The topological polar surface area (TPSA) is 66.8 Å². The lowest BCUT2D eigenvalue weighted by Gasteiger charge is -2.26. The van der Waals surface area contributed by atoms with Crippen LogP contribution in [0.5, 0.6) is 0 Å². The Kier molecular flexibility index (Phi) is 5.68. The van der Waals surface area contributed by atoms with Crippen LogP contribution in [0, 0.1) is 6.92 Å². The zero-order valence-corrected chi connectivity index (χ0v) is 18.7. The number of sulfone groups is 1. The zero-order valence-electron chi connectivity index (χ0n) is 15.5. The molecule has 4 rings (SSSR count). The molecule has 29 heavy (non-hydrogen) atoms. The van der Waals surface area contributed by atoms with Gasteiger partial charge < -0.3 is 4.90 Å². The lowest BCUT2D eigenvalue weighted by atomic mass is 10.1. The summed E-state index contributed by atoms with van der Waals surface area (Å²) < 4.78 is 24.4. The van der Waals surface area contributed by atoms with Crippen LogP contribution >= 0.6 is 35.0 Å². The highest BCUT2D eigenvalue weighted by Crippen LogP contribution is 2.42. The van der Waals surface area contributed by atoms with Crippen LogP contribution in [-0.4, -0.2) is 42.3 Å². The molecule has 0 N–H and O–H groups in total. The first-order valence-electron chi connectivity index (χ1n) is 9.01. The van der Waals surface area contributed by atoms with Gasteiger partial charge in [0.1, 0.15) is 0 Å². The Hall–Kier alpha value is -1.54. The Morgan fingerprint density at radius 3 is 2.72 bits per heavy atom. The first-order valence-corrected chi connectivity index (χ1v) is 12.5. The van der Waals surface area contributed by atoms with E-state index in [1.807, 2.05) is 24.0 Å². The Balaban J connectivity index is 1.70. The number of benzene rings is 2. The number of thioether (sulfide) groups is 1. The fourth-order valence-electron chi connectivity index (χ4n) is 3.64. The Morgan fingerprint density at radius 2 is 1.97 bits per heavy atom. The predicted molar refractivity (Wildman–Crippen MR) is 120 cm³/mol. The third-order valence-corrected chi connectivity index (χ3v) is 8.83. The van der Waals surface area contributed by atoms with Crippen LogP contribution in [0.15, 0.2) is 47.5 Å². The van der Waals surface area contributed by atoms with Crippen LogP contribution in [0.2, 0.25) is 10.0 Å². The van der Waals surface area contributed by atoms with E-state index < -0.39 is 9.84 Å². The van der Waals surface area contributed by atoms with Crippen LogP contribution in [0.25, 0.3) is 0 Å². The summed E-state index contributed by atoms with van der Waals surface area (Å²) in [7, 11) is -3.13. The van der Waals surface area contributed by atoms with E-state index in [0.29, 0.717) is 20.8 Å². The molecule has 0 unspecified atom stereocenters. The number of fused-ring (bicyclic) bond motifs is 1. The molecule has 0 aliphatic carbocycles. The summed E-state index contributed by atoms with van der Waals surface area (Å²) in [6, 6.07) is 12.3. The summed E-state index contributed by atoms with van der Waals surface area (Å²) in [5.41, 5.74) is 2.42. The van der Waals surface area contributed by atoms with Gasteiger partial charge in [0, 0.05) is 21.0 Å². The molecule has 9 heteroatoms. The smallest absolute Gasteiger partial charge is 0.252 e. The molecule has 0 bridgehead atoms. The minimum Gasteiger partial charge on any atom is -0.315 e. The third-order valence-electron chi connectivity index (χ3n) is 5.02. The van der Waals surface area contributed by atoms with Crippen LogP contribution in [-0.2, 0) is 21.1 Å². The van der Waals surface area contributed by atoms with Crippen molar-refractivity contribution in [1.82, 2.24) is 0 Å². The number of carbonyl (C=O) groups excluding carboxylic acids is 1. The van der Waals surface area contributed by atoms with E-state index in [0.717, 1.165) is 11.3 Å². The molecule has 2 aliphatic heterocycles. The van der Waals surface area contributed by atoms with Gasteiger partial charge in [-0.2, -0.15) is 4.99 Å². The average molecular weight is 469 g/mol. The number of rotatable bonds is 3. The Morgan fingerprint density at radius 1 is 1.21 bits per heavy atom. The van der Waals surface area contributed by atoms with E-state index in [-0.39, 0.29) is 35.1 Å². The molecule has 2 aliphatic rings. The highest BCUT2D eigenvalue weighted by Gasteiger charge is 2.49. The summed E-state index contributed by atoms with van der Waals surface area (Å²) in [5, 5.41) is 1.41. The van der Waals surface area contributed by atoms with Gasteiger partial charge in [-0.25, -0.2) is 8.42 Å². The van der Waals surface area contributed by atoms with Gasteiger partial charge in [0.15, 0.2) is 15.0 Å². The molecule has 2 heterocycles. The molecule has 5 nitrogen and oxygen atoms in total. The second-order valence-electron chi connectivity index (χ2n) is 7.16. The van der Waals surface area contributed by atoms with Crippen LogP contribution in [0.1, 0.15) is 11.1 Å². The van der Waals surface area contributed by atoms with Gasteiger partial charge in [-0.05, 0) is 36.2 Å². The van der Waals surface area contributed by atoms with Gasteiger partial charge in [0.05, 0.1) is 24.0 Å². The van der Waals surface area contributed by atoms with E-state index in [1.54, 1.807) is 30.3 Å². The van der Waals surface area contributed by atoms with Gasteiger partial charge in [-0.1, -0.05) is 59.2 Å². The fraction of sp³-hybridized carbons (Fsp3) is 0.300. The zero-order chi connectivity index (χ0) is 20.8. The van der Waals surface area contributed by atoms with E-state index in [9.17, 15) is 13.2 Å². The maximum absolute atomic E-state index is 12.7. The molecule has 2 saturated heterocycles. The second kappa shape index (κ2) is 7.95. The van der Waals surface area contributed by atoms with Crippen molar-refractivity contribution in [2.75, 3.05) is 16.4 Å². The summed E-state index contributed by atoms with van der Waals surface area (Å²) in [6.07, 6.45) is 0.0831. The number of nitrogens with zero attached hydrogens (tertiary/aromatic N) is 2. The third kappa shape index (κ3) is 4.33. The van der Waals surface area contributed by atoms with Gasteiger partial charge in [-0.3, -0.25) is 4.79 Å². The van der Waals surface area contributed by atoms with Crippen molar-refractivity contribution in [1.29, 1.82) is 0 Å². The van der Waals surface area contributed by atoms with E-state index in [4.69, 9.17) is 23.2 Å². The molecular formula is C20H18Cl2N2O3S2. The Labute approximate surface area is 184 Å². The van der Waals surface area contributed by atoms with Crippen molar-refractivity contribution in [3.05, 3.63) is 63.6 Å². The molecule has 152 valence electrons. The van der Waals surface area contributed by atoms with Crippen LogP contribution in [0.4, 0.5) is 5.69 Å². The average Bonchev–Trinajstić information content (AvgIpc) is 3.10. The van der Waals surface area contributed by atoms with Crippen molar-refractivity contribution in [3.8, 4) is 0 Å². The van der Waals surface area contributed by atoms with Crippen molar-refractivity contribution >= 4 is 61.6 Å². The number of hydrogen-bond acceptors (Lipinski definition) is 4. The van der Waals surface area contributed by atoms with E-state index in [1.165, 1.54) is 11.8 Å². The maximum Gasteiger partial charge on any atom is 0.252 e. The number of aryl methyl sites for hydroxylation is 1. The van der Waals surface area contributed by atoms with Crippen LogP contribution < -0.4 is 4.90 Å². The first-order chi connectivity index (χ1) is 13.7. The number of anilines is 1. The van der Waals surface area contributed by atoms with Crippen molar-refractivity contribution in [3.63, 3.8) is 0 Å². The van der Waals surface area contributed by atoms with E-state index in [2.05, 4.69) is 4.99 Å². The fourth-order valence-corrected chi connectivity index (χ4v) is 7.93. The lowest BCUT2D eigenvalue weighted by Crippen LogP contribution is -2.38. The van der Waals surface area contributed by atoms with E-state index >= 15 is 0 Å². The molecule has 2 aromatic rings. The Bertz CT molecular complexity index is 1120. The molecular weight excluding hydrogens is 451 g/mol. The van der Waals surface area contributed by atoms with Gasteiger partial charge in [0.2, 0.25) is 0 Å². The molecule has 0 radical (unpaired) electrons. The molecule has 2 atom stereocenters. The summed E-state index contributed by atoms with van der Waals surface area (Å²) in [6.45, 7) is 1.93. The number of carbonyl (C=O) groups is 1. The highest BCUT2D eigenvalue weighted by atomic mass is 35.5.